The number of likely N-dealkylation sites (tertiary alicyclic amines) is 1. The Morgan fingerprint density at radius 3 is 1.97 bits per heavy atom. The van der Waals surface area contributed by atoms with E-state index in [2.05, 4.69) is 4.98 Å². The zero-order valence-corrected chi connectivity index (χ0v) is 39.6. The van der Waals surface area contributed by atoms with Crippen LogP contribution in [0.15, 0.2) is 91.1 Å². The maximum absolute atomic E-state index is 17.2. The van der Waals surface area contributed by atoms with Crippen molar-refractivity contribution in [2.24, 2.45) is 0 Å². The molecule has 15 heteroatoms. The number of fused-ring (bicyclic) bond motifs is 3. The molecule has 1 fully saturated rings. The van der Waals surface area contributed by atoms with Gasteiger partial charge in [-0.1, -0.05) is 111 Å². The highest BCUT2D eigenvalue weighted by atomic mass is 32.1. The number of alkyl halides is 3. The highest BCUT2D eigenvalue weighted by Crippen LogP contribution is 2.47. The lowest BCUT2D eigenvalue weighted by molar-refractivity contribution is -0.0820. The molecule has 0 radical (unpaired) electrons. The minimum atomic E-state index is -3.39. The quantitative estimate of drug-likeness (QED) is 0.128. The van der Waals surface area contributed by atoms with Gasteiger partial charge in [-0.2, -0.15) is 0 Å². The molecule has 63 heavy (non-hydrogen) atoms. The second-order valence-corrected chi connectivity index (χ2v) is 25.0. The molecule has 0 bridgehead atoms. The standard InChI is InChI=1S/C48H59F3N4O6SSi/c1-31-25-35-34-23-17-18-24-37(34)55(44(57)61-46(5,6)7)40(35)41(39-26-52-42(62-39)59-38-28-53(27-36(38)49)43(56)60-45(2,3)4)54(31)29-48(50,51)30-58-63(47(8,9)10,32-19-13-11-14-20-32)33-21-15-12-16-22-33/h11-24,26,31,36,38,41H,25,27-30H2,1-10H3/t31-,36+,38+,41-/m1/s1. The molecule has 0 spiro atoms. The van der Waals surface area contributed by atoms with Gasteiger partial charge >= 0.3 is 12.2 Å². The molecule has 3 aromatic carbocycles. The molecule has 2 aromatic heterocycles. The van der Waals surface area contributed by atoms with Crippen molar-refractivity contribution in [3.63, 3.8) is 0 Å². The first-order chi connectivity index (χ1) is 29.5. The average molecular weight is 905 g/mol. The third-order valence-electron chi connectivity index (χ3n) is 11.5. The molecule has 2 aliphatic rings. The predicted molar refractivity (Wildman–Crippen MR) is 243 cm³/mol. The van der Waals surface area contributed by atoms with Crippen LogP contribution in [0.1, 0.15) is 91.4 Å². The van der Waals surface area contributed by atoms with Crippen LogP contribution in [0.5, 0.6) is 5.19 Å². The Morgan fingerprint density at radius 1 is 0.810 bits per heavy atom. The van der Waals surface area contributed by atoms with Gasteiger partial charge in [0.1, 0.15) is 11.2 Å². The summed E-state index contributed by atoms with van der Waals surface area (Å²) in [5.41, 5.74) is 0.288. The molecule has 0 saturated carbocycles. The first kappa shape index (κ1) is 46.3. The molecule has 0 unspecified atom stereocenters. The fourth-order valence-corrected chi connectivity index (χ4v) is 14.4. The Labute approximate surface area is 373 Å². The van der Waals surface area contributed by atoms with Crippen molar-refractivity contribution in [2.75, 3.05) is 26.2 Å². The minimum Gasteiger partial charge on any atom is -0.462 e. The van der Waals surface area contributed by atoms with Gasteiger partial charge in [0.2, 0.25) is 0 Å². The third kappa shape index (κ3) is 9.71. The number of carbonyl (C=O) groups is 2. The smallest absolute Gasteiger partial charge is 0.419 e. The molecule has 1 amide bonds. The van der Waals surface area contributed by atoms with E-state index in [4.69, 9.17) is 18.6 Å². The van der Waals surface area contributed by atoms with E-state index in [-0.39, 0.29) is 18.3 Å². The molecule has 4 heterocycles. The summed E-state index contributed by atoms with van der Waals surface area (Å²) in [7, 11) is -3.35. The summed E-state index contributed by atoms with van der Waals surface area (Å²) >= 11 is 1.09. The van der Waals surface area contributed by atoms with Gasteiger partial charge in [-0.15, -0.1) is 0 Å². The number of halogens is 3. The number of amides is 1. The van der Waals surface area contributed by atoms with Gasteiger partial charge in [-0.3, -0.25) is 4.90 Å². The lowest BCUT2D eigenvalue weighted by Gasteiger charge is -2.45. The van der Waals surface area contributed by atoms with Crippen LogP contribution in [-0.2, 0) is 20.3 Å². The molecule has 7 rings (SSSR count). The SMILES string of the molecule is C[C@@H]1Cc2c(n(C(=O)OC(C)(C)C)c3ccccc23)[C@@H](c2cnc(O[C@H]3CN(C(=O)OC(C)(C)C)C[C@@H]3F)s2)N1CC(F)(F)CO[Si](c1ccccc1)(c1ccccc1)C(C)(C)C. The minimum absolute atomic E-state index is 0.0633. The Kier molecular flexibility index (Phi) is 12.8. The van der Waals surface area contributed by atoms with Gasteiger partial charge in [0.25, 0.3) is 19.4 Å². The van der Waals surface area contributed by atoms with E-state index in [9.17, 15) is 9.59 Å². The Bertz CT molecular complexity index is 2370. The van der Waals surface area contributed by atoms with Gasteiger partial charge in [-0.25, -0.2) is 32.3 Å². The number of thiazole rings is 1. The van der Waals surface area contributed by atoms with Gasteiger partial charge in [-0.05, 0) is 81.9 Å². The fourth-order valence-electron chi connectivity index (χ4n) is 8.89. The van der Waals surface area contributed by atoms with Crippen LogP contribution >= 0.6 is 11.3 Å². The number of hydrogen-bond donors (Lipinski definition) is 0. The number of para-hydroxylation sites is 1. The van der Waals surface area contributed by atoms with Crippen molar-refractivity contribution < 1.29 is 41.4 Å². The summed E-state index contributed by atoms with van der Waals surface area (Å²) in [6, 6.07) is 25.5. The van der Waals surface area contributed by atoms with E-state index < -0.39 is 80.2 Å². The maximum Gasteiger partial charge on any atom is 0.419 e. The zero-order chi connectivity index (χ0) is 45.7. The fraction of sp³-hybridized carbons (Fsp3) is 0.479. The summed E-state index contributed by atoms with van der Waals surface area (Å²) in [6.45, 7) is 16.7. The number of aromatic nitrogens is 2. The van der Waals surface area contributed by atoms with E-state index in [1.54, 1.807) is 52.6 Å². The van der Waals surface area contributed by atoms with Crippen molar-refractivity contribution >= 4 is 53.1 Å². The molecule has 1 saturated heterocycles. The van der Waals surface area contributed by atoms with Crippen molar-refractivity contribution in [2.45, 2.75) is 122 Å². The lowest BCUT2D eigenvalue weighted by Crippen LogP contribution is -2.67. The first-order valence-corrected chi connectivity index (χ1v) is 24.2. The van der Waals surface area contributed by atoms with E-state index >= 15 is 13.2 Å². The van der Waals surface area contributed by atoms with Crippen LogP contribution in [0.25, 0.3) is 10.9 Å². The normalized spacial score (nSPS) is 20.2. The summed E-state index contributed by atoms with van der Waals surface area (Å²) in [5, 5.41) is 2.16. The van der Waals surface area contributed by atoms with Crippen LogP contribution < -0.4 is 15.1 Å². The number of hydrogen-bond acceptors (Lipinski definition) is 9. The first-order valence-electron chi connectivity index (χ1n) is 21.5. The average Bonchev–Trinajstić information content (AvgIpc) is 3.90. The zero-order valence-electron chi connectivity index (χ0n) is 37.8. The number of benzene rings is 3. The lowest BCUT2D eigenvalue weighted by atomic mass is 9.91. The van der Waals surface area contributed by atoms with Gasteiger partial charge in [0.15, 0.2) is 12.3 Å². The number of rotatable bonds is 10. The topological polar surface area (TPSA) is 95.4 Å². The molecule has 5 aromatic rings. The second kappa shape index (κ2) is 17.4. The van der Waals surface area contributed by atoms with E-state index in [0.29, 0.717) is 22.5 Å². The van der Waals surface area contributed by atoms with Gasteiger partial charge < -0.3 is 23.5 Å². The molecule has 2 aliphatic heterocycles. The van der Waals surface area contributed by atoms with Crippen molar-refractivity contribution in [1.82, 2.24) is 19.4 Å². The third-order valence-corrected chi connectivity index (χ3v) is 17.4. The van der Waals surface area contributed by atoms with E-state index in [0.717, 1.165) is 32.7 Å². The molecule has 0 aliphatic carbocycles. The van der Waals surface area contributed by atoms with Crippen LogP contribution in [0.2, 0.25) is 5.04 Å². The van der Waals surface area contributed by atoms with E-state index in [1.165, 1.54) is 9.47 Å². The Balaban J connectivity index is 1.28. The molecule has 0 N–H and O–H groups in total. The van der Waals surface area contributed by atoms with Gasteiger partial charge in [0, 0.05) is 17.6 Å². The van der Waals surface area contributed by atoms with Crippen molar-refractivity contribution in [3.05, 3.63) is 107 Å². The molecule has 338 valence electrons. The molecule has 10 nitrogen and oxygen atoms in total. The number of ether oxygens (including phenoxy) is 3. The van der Waals surface area contributed by atoms with E-state index in [1.807, 2.05) is 113 Å². The Hall–Kier alpha value is -4.70. The molecular formula is C48H59F3N4O6SSi. The molecule has 4 atom stereocenters. The number of carbonyl (C=O) groups excluding carboxylic acids is 2. The number of nitrogens with zero attached hydrogens (tertiary/aromatic N) is 4. The summed E-state index contributed by atoms with van der Waals surface area (Å²) < 4.78 is 75.8. The van der Waals surface area contributed by atoms with Crippen molar-refractivity contribution in [3.8, 4) is 5.19 Å². The predicted octanol–water partition coefficient (Wildman–Crippen LogP) is 9.77. The summed E-state index contributed by atoms with van der Waals surface area (Å²) in [6.07, 6.45) is -1.94. The van der Waals surface area contributed by atoms with Crippen LogP contribution in [0, 0.1) is 0 Å². The van der Waals surface area contributed by atoms with Crippen LogP contribution in [-0.4, -0.2) is 102 Å². The summed E-state index contributed by atoms with van der Waals surface area (Å²) in [5.74, 6) is -3.39. The highest BCUT2D eigenvalue weighted by molar-refractivity contribution is 7.13. The van der Waals surface area contributed by atoms with Crippen LogP contribution in [0.3, 0.4) is 0 Å². The van der Waals surface area contributed by atoms with Gasteiger partial charge in [0.05, 0.1) is 48.4 Å². The van der Waals surface area contributed by atoms with Crippen LogP contribution in [0.4, 0.5) is 22.8 Å². The monoisotopic (exact) mass is 904 g/mol. The van der Waals surface area contributed by atoms with Crippen molar-refractivity contribution in [1.29, 1.82) is 0 Å². The Morgan fingerprint density at radius 2 is 1.38 bits per heavy atom. The highest BCUT2D eigenvalue weighted by Gasteiger charge is 2.53. The molecular weight excluding hydrogens is 846 g/mol. The maximum atomic E-state index is 17.2. The second-order valence-electron chi connectivity index (χ2n) is 19.7. The summed E-state index contributed by atoms with van der Waals surface area (Å²) in [4.78, 5) is 35.1. The largest absolute Gasteiger partial charge is 0.462 e.